The van der Waals surface area contributed by atoms with Crippen molar-refractivity contribution in [2.75, 3.05) is 18.6 Å². The van der Waals surface area contributed by atoms with E-state index in [2.05, 4.69) is 10.3 Å². The number of carbonyl (C=O) groups excluding carboxylic acids is 1. The molecule has 0 aliphatic rings. The Morgan fingerprint density at radius 2 is 2.23 bits per heavy atom. The minimum absolute atomic E-state index is 0.115. The highest BCUT2D eigenvalue weighted by atomic mass is 32.2. The van der Waals surface area contributed by atoms with E-state index >= 15 is 0 Å². The zero-order chi connectivity index (χ0) is 16.3. The first-order chi connectivity index (χ1) is 10.4. The Morgan fingerprint density at radius 3 is 2.77 bits per heavy atom. The van der Waals surface area contributed by atoms with Crippen molar-refractivity contribution in [3.63, 3.8) is 0 Å². The maximum Gasteiger partial charge on any atom is 0.321 e. The predicted octanol–water partition coefficient (Wildman–Crippen LogP) is 2.99. The summed E-state index contributed by atoms with van der Waals surface area (Å²) in [7, 11) is 0.235. The summed E-state index contributed by atoms with van der Waals surface area (Å²) in [5.74, 6) is -0.601. The molecule has 0 saturated heterocycles. The van der Waals surface area contributed by atoms with Crippen LogP contribution < -0.4 is 5.32 Å². The quantitative estimate of drug-likeness (QED) is 0.930. The number of benzene rings is 1. The molecular formula is C14H16FN3O2S2. The highest BCUT2D eigenvalue weighted by Crippen LogP contribution is 2.17. The standard InChI is InChI=1S/C14H16FN3O2S2/c1-9-16-11(8-21-9)7-18(2)14(19)17-10-4-5-13(22(3)20)12(15)6-10/h4-6,8H,7H2,1-3H3,(H,17,19)/t22-/m1/s1. The lowest BCUT2D eigenvalue weighted by molar-refractivity contribution is 0.220. The van der Waals surface area contributed by atoms with E-state index in [9.17, 15) is 13.4 Å². The topological polar surface area (TPSA) is 62.3 Å². The number of anilines is 1. The number of aromatic nitrogens is 1. The van der Waals surface area contributed by atoms with Gasteiger partial charge in [-0.2, -0.15) is 0 Å². The Balaban J connectivity index is 2.02. The minimum Gasteiger partial charge on any atom is -0.322 e. The number of nitrogens with one attached hydrogen (secondary N) is 1. The lowest BCUT2D eigenvalue weighted by Crippen LogP contribution is -2.31. The zero-order valence-corrected chi connectivity index (χ0v) is 14.1. The fraction of sp³-hybridized carbons (Fsp3) is 0.286. The fourth-order valence-corrected chi connectivity index (χ4v) is 3.02. The summed E-state index contributed by atoms with van der Waals surface area (Å²) in [6, 6.07) is 3.73. The van der Waals surface area contributed by atoms with Gasteiger partial charge in [-0.25, -0.2) is 14.2 Å². The van der Waals surface area contributed by atoms with Crippen LogP contribution in [0.4, 0.5) is 14.9 Å². The Kier molecular flexibility index (Phi) is 5.25. The Bertz CT molecular complexity index is 718. The van der Waals surface area contributed by atoms with Crippen molar-refractivity contribution in [2.45, 2.75) is 18.4 Å². The molecule has 2 aromatic rings. The molecule has 0 aliphatic carbocycles. The van der Waals surface area contributed by atoms with Gasteiger partial charge >= 0.3 is 6.03 Å². The number of hydrogen-bond donors (Lipinski definition) is 1. The van der Waals surface area contributed by atoms with E-state index in [1.165, 1.54) is 34.6 Å². The number of carbonyl (C=O) groups is 1. The van der Waals surface area contributed by atoms with E-state index in [1.54, 1.807) is 7.05 Å². The van der Waals surface area contributed by atoms with E-state index in [0.717, 1.165) is 16.8 Å². The molecule has 1 N–H and O–H groups in total. The van der Waals surface area contributed by atoms with Crippen LogP contribution in [0.25, 0.3) is 0 Å². The summed E-state index contributed by atoms with van der Waals surface area (Å²) in [6.07, 6.45) is 1.40. The van der Waals surface area contributed by atoms with Crippen molar-refractivity contribution in [1.29, 1.82) is 0 Å². The average Bonchev–Trinajstić information content (AvgIpc) is 2.83. The van der Waals surface area contributed by atoms with Crippen LogP contribution >= 0.6 is 11.3 Å². The molecule has 5 nitrogen and oxygen atoms in total. The molecule has 1 aromatic carbocycles. The number of amides is 2. The number of hydrogen-bond acceptors (Lipinski definition) is 4. The van der Waals surface area contributed by atoms with Gasteiger partial charge in [0, 0.05) is 24.4 Å². The molecule has 2 rings (SSSR count). The number of urea groups is 1. The molecule has 1 aromatic heterocycles. The molecule has 0 unspecified atom stereocenters. The Hall–Kier alpha value is -1.80. The van der Waals surface area contributed by atoms with Crippen LogP contribution in [0.5, 0.6) is 0 Å². The molecule has 0 fully saturated rings. The SMILES string of the molecule is Cc1nc(CN(C)C(=O)Nc2ccc([S@@](C)=O)c(F)c2)cs1. The first kappa shape index (κ1) is 16.6. The largest absolute Gasteiger partial charge is 0.322 e. The molecule has 0 radical (unpaired) electrons. The summed E-state index contributed by atoms with van der Waals surface area (Å²) in [4.78, 5) is 17.9. The van der Waals surface area contributed by atoms with Crippen molar-refractivity contribution >= 4 is 33.9 Å². The smallest absolute Gasteiger partial charge is 0.321 e. The van der Waals surface area contributed by atoms with Gasteiger partial charge in [0.25, 0.3) is 0 Å². The third-order valence-corrected chi connectivity index (χ3v) is 4.68. The molecule has 1 heterocycles. The highest BCUT2D eigenvalue weighted by Gasteiger charge is 2.13. The molecule has 118 valence electrons. The van der Waals surface area contributed by atoms with Crippen LogP contribution in [0, 0.1) is 12.7 Å². The molecule has 22 heavy (non-hydrogen) atoms. The summed E-state index contributed by atoms with van der Waals surface area (Å²) < 4.78 is 25.0. The molecule has 1 atom stereocenters. The maximum atomic E-state index is 13.7. The number of nitrogens with zero attached hydrogens (tertiary/aromatic N) is 2. The first-order valence-corrected chi connectivity index (χ1v) is 8.86. The third-order valence-electron chi connectivity index (χ3n) is 2.91. The van der Waals surface area contributed by atoms with Crippen molar-refractivity contribution in [3.05, 3.63) is 40.1 Å². The van der Waals surface area contributed by atoms with Crippen molar-refractivity contribution in [2.24, 2.45) is 0 Å². The summed E-state index contributed by atoms with van der Waals surface area (Å²) in [6.45, 7) is 2.27. The van der Waals surface area contributed by atoms with Crippen LogP contribution in [-0.2, 0) is 17.3 Å². The van der Waals surface area contributed by atoms with Gasteiger partial charge in [-0.3, -0.25) is 4.21 Å². The van der Waals surface area contributed by atoms with E-state index in [0.29, 0.717) is 12.2 Å². The summed E-state index contributed by atoms with van der Waals surface area (Å²) in [5, 5.41) is 5.43. The number of thiazole rings is 1. The molecular weight excluding hydrogens is 325 g/mol. The first-order valence-electron chi connectivity index (χ1n) is 6.43. The molecule has 0 saturated carbocycles. The number of halogens is 1. The Morgan fingerprint density at radius 1 is 1.50 bits per heavy atom. The molecule has 0 aliphatic heterocycles. The summed E-state index contributed by atoms with van der Waals surface area (Å²) >= 11 is 1.52. The molecule has 0 spiro atoms. The van der Waals surface area contributed by atoms with Crippen molar-refractivity contribution in [3.8, 4) is 0 Å². The van der Waals surface area contributed by atoms with Gasteiger partial charge in [0.2, 0.25) is 0 Å². The second-order valence-corrected chi connectivity index (χ2v) is 7.15. The van der Waals surface area contributed by atoms with Crippen molar-refractivity contribution < 1.29 is 13.4 Å². The third kappa shape index (κ3) is 4.11. The predicted molar refractivity (Wildman–Crippen MR) is 86.1 cm³/mol. The van der Waals surface area contributed by atoms with E-state index in [1.807, 2.05) is 12.3 Å². The van der Waals surface area contributed by atoms with Crippen LogP contribution in [0.15, 0.2) is 28.5 Å². The lowest BCUT2D eigenvalue weighted by atomic mass is 10.3. The lowest BCUT2D eigenvalue weighted by Gasteiger charge is -2.17. The number of aryl methyl sites for hydroxylation is 1. The van der Waals surface area contributed by atoms with E-state index in [-0.39, 0.29) is 10.9 Å². The van der Waals surface area contributed by atoms with E-state index in [4.69, 9.17) is 0 Å². The second-order valence-electron chi connectivity index (χ2n) is 4.74. The maximum absolute atomic E-state index is 13.7. The van der Waals surface area contributed by atoms with Crippen molar-refractivity contribution in [1.82, 2.24) is 9.88 Å². The van der Waals surface area contributed by atoms with Gasteiger partial charge in [-0.1, -0.05) is 0 Å². The number of rotatable bonds is 4. The van der Waals surface area contributed by atoms with Crippen LogP contribution in [-0.4, -0.2) is 33.4 Å². The van der Waals surface area contributed by atoms with Crippen LogP contribution in [0.1, 0.15) is 10.7 Å². The van der Waals surface area contributed by atoms with Gasteiger partial charge in [-0.05, 0) is 25.1 Å². The summed E-state index contributed by atoms with van der Waals surface area (Å²) in [5.41, 5.74) is 1.13. The van der Waals surface area contributed by atoms with Crippen LogP contribution in [0.2, 0.25) is 0 Å². The normalized spacial score (nSPS) is 12.0. The highest BCUT2D eigenvalue weighted by molar-refractivity contribution is 7.84. The van der Waals surface area contributed by atoms with Gasteiger partial charge in [-0.15, -0.1) is 11.3 Å². The Labute approximate surface area is 134 Å². The van der Waals surface area contributed by atoms with Crippen LogP contribution in [0.3, 0.4) is 0 Å². The monoisotopic (exact) mass is 341 g/mol. The molecule has 8 heteroatoms. The fourth-order valence-electron chi connectivity index (χ4n) is 1.83. The van der Waals surface area contributed by atoms with Gasteiger partial charge in [0.05, 0.1) is 32.9 Å². The second kappa shape index (κ2) is 6.97. The average molecular weight is 341 g/mol. The van der Waals surface area contributed by atoms with Gasteiger partial charge in [0.15, 0.2) is 0 Å². The zero-order valence-electron chi connectivity index (χ0n) is 12.4. The van der Waals surface area contributed by atoms with E-state index < -0.39 is 16.6 Å². The molecule has 0 bridgehead atoms. The van der Waals surface area contributed by atoms with Gasteiger partial charge < -0.3 is 10.2 Å². The minimum atomic E-state index is -1.40. The van der Waals surface area contributed by atoms with Gasteiger partial charge in [0.1, 0.15) is 5.82 Å². The molecule has 2 amide bonds.